The molecule has 0 unspecified atom stereocenters. The summed E-state index contributed by atoms with van der Waals surface area (Å²) in [6, 6.07) is 1.83. The zero-order valence-electron chi connectivity index (χ0n) is 8.21. The molecule has 0 fully saturated rings. The lowest BCUT2D eigenvalue weighted by molar-refractivity contribution is 1.11. The van der Waals surface area contributed by atoms with Gasteiger partial charge in [-0.05, 0) is 24.3 Å². The van der Waals surface area contributed by atoms with E-state index >= 15 is 0 Å². The Labute approximate surface area is 82.6 Å². The Bertz CT molecular complexity index is 520. The van der Waals surface area contributed by atoms with Gasteiger partial charge in [-0.25, -0.2) is 0 Å². The zero-order chi connectivity index (χ0) is 10.6. The van der Waals surface area contributed by atoms with Crippen LogP contribution in [-0.4, -0.2) is 4.98 Å². The summed E-state index contributed by atoms with van der Waals surface area (Å²) in [6.07, 6.45) is 6.93. The molecule has 0 saturated heterocycles. The van der Waals surface area contributed by atoms with Crippen molar-refractivity contribution in [1.82, 2.24) is 4.98 Å². The van der Waals surface area contributed by atoms with Crippen LogP contribution in [0.1, 0.15) is 5.56 Å². The molecule has 1 aromatic heterocycles. The van der Waals surface area contributed by atoms with Gasteiger partial charge in [0.05, 0.1) is 0 Å². The number of hydrogen-bond acceptors (Lipinski definition) is 1. The molecule has 0 spiro atoms. The van der Waals surface area contributed by atoms with E-state index in [2.05, 4.69) is 18.1 Å². The first-order chi connectivity index (χ1) is 6.69. The number of aromatic amines is 1. The average molecular weight is 187 g/mol. The fraction of sp³-hybridized carbons (Fsp3) is 0.0833. The van der Waals surface area contributed by atoms with E-state index < -0.39 is 0 Å². The highest BCUT2D eigenvalue weighted by atomic mass is 16.1. The van der Waals surface area contributed by atoms with Gasteiger partial charge in [-0.1, -0.05) is 31.4 Å². The molecule has 1 heterocycles. The van der Waals surface area contributed by atoms with Crippen molar-refractivity contribution in [3.8, 4) is 0 Å². The van der Waals surface area contributed by atoms with E-state index in [4.69, 9.17) is 0 Å². The molecule has 1 rings (SSSR count). The van der Waals surface area contributed by atoms with Crippen molar-refractivity contribution in [3.63, 3.8) is 0 Å². The molecule has 0 saturated carbocycles. The molecule has 1 N–H and O–H groups in total. The lowest BCUT2D eigenvalue weighted by Crippen LogP contribution is -2.35. The van der Waals surface area contributed by atoms with E-state index in [9.17, 15) is 4.79 Å². The Balaban J connectivity index is 3.73. The van der Waals surface area contributed by atoms with Crippen LogP contribution in [0.25, 0.3) is 12.2 Å². The standard InChI is InChI=1S/C12H13NO/c1-4-6-10-8-9(3)12(14)13-11(10)7-5-2/h4-8H,1-2H2,3H3,(H,13,14)/b10-6-,11-7+. The predicted octanol–water partition coefficient (Wildman–Crippen LogP) is 0.616. The molecular weight excluding hydrogens is 174 g/mol. The summed E-state index contributed by atoms with van der Waals surface area (Å²) in [5.74, 6) is 0. The first-order valence-electron chi connectivity index (χ1n) is 4.34. The smallest absolute Gasteiger partial charge is 0.251 e. The van der Waals surface area contributed by atoms with Gasteiger partial charge in [0, 0.05) is 10.9 Å². The maximum Gasteiger partial charge on any atom is 0.251 e. The third-order valence-corrected chi connectivity index (χ3v) is 1.87. The van der Waals surface area contributed by atoms with Crippen molar-refractivity contribution >= 4 is 12.2 Å². The van der Waals surface area contributed by atoms with Gasteiger partial charge in [-0.15, -0.1) is 0 Å². The highest BCUT2D eigenvalue weighted by Gasteiger charge is 1.92. The van der Waals surface area contributed by atoms with E-state index in [1.807, 2.05) is 12.1 Å². The maximum atomic E-state index is 11.3. The molecule has 1 aromatic rings. The van der Waals surface area contributed by atoms with Crippen LogP contribution < -0.4 is 16.1 Å². The van der Waals surface area contributed by atoms with Gasteiger partial charge in [-0.3, -0.25) is 4.79 Å². The minimum absolute atomic E-state index is 0.0701. The number of aromatic nitrogens is 1. The summed E-state index contributed by atoms with van der Waals surface area (Å²) < 4.78 is 0. The second-order valence-electron chi connectivity index (χ2n) is 2.96. The molecular formula is C12H13NO. The van der Waals surface area contributed by atoms with Gasteiger partial charge in [0.2, 0.25) is 0 Å². The van der Waals surface area contributed by atoms with Crippen molar-refractivity contribution in [2.75, 3.05) is 0 Å². The van der Waals surface area contributed by atoms with Crippen molar-refractivity contribution in [1.29, 1.82) is 0 Å². The van der Waals surface area contributed by atoms with E-state index in [0.29, 0.717) is 5.56 Å². The minimum Gasteiger partial charge on any atom is -0.322 e. The zero-order valence-corrected chi connectivity index (χ0v) is 8.21. The molecule has 0 atom stereocenters. The van der Waals surface area contributed by atoms with Crippen LogP contribution in [0.3, 0.4) is 0 Å². The summed E-state index contributed by atoms with van der Waals surface area (Å²) in [5, 5.41) is 1.70. The number of H-pyrrole nitrogens is 1. The number of pyridine rings is 1. The largest absolute Gasteiger partial charge is 0.322 e. The highest BCUT2D eigenvalue weighted by Crippen LogP contribution is 1.76. The lowest BCUT2D eigenvalue weighted by atomic mass is 10.2. The quantitative estimate of drug-likeness (QED) is 0.723. The number of aryl methyl sites for hydroxylation is 1. The van der Waals surface area contributed by atoms with Crippen LogP contribution in [0.15, 0.2) is 36.2 Å². The third kappa shape index (κ3) is 2.10. The van der Waals surface area contributed by atoms with Crippen LogP contribution in [-0.2, 0) is 0 Å². The van der Waals surface area contributed by atoms with E-state index in [1.54, 1.807) is 25.2 Å². The molecule has 14 heavy (non-hydrogen) atoms. The molecule has 2 nitrogen and oxygen atoms in total. The number of hydrogen-bond donors (Lipinski definition) is 1. The van der Waals surface area contributed by atoms with Gasteiger partial charge < -0.3 is 4.98 Å². The van der Waals surface area contributed by atoms with Crippen molar-refractivity contribution in [2.24, 2.45) is 0 Å². The third-order valence-electron chi connectivity index (χ3n) is 1.87. The lowest BCUT2D eigenvalue weighted by Gasteiger charge is -1.92. The van der Waals surface area contributed by atoms with Crippen molar-refractivity contribution in [2.45, 2.75) is 6.92 Å². The molecule has 0 amide bonds. The van der Waals surface area contributed by atoms with Gasteiger partial charge in [0.15, 0.2) is 0 Å². The molecule has 0 aromatic carbocycles. The monoisotopic (exact) mass is 187 g/mol. The molecule has 0 aliphatic rings. The SMILES string of the molecule is C=C/C=c1/cc(C)c(=O)[nH]/c1=C/C=C. The Kier molecular flexibility index (Phi) is 3.24. The topological polar surface area (TPSA) is 32.9 Å². The van der Waals surface area contributed by atoms with Crippen molar-refractivity contribution < 1.29 is 0 Å². The molecule has 2 heteroatoms. The molecule has 0 aliphatic carbocycles. The van der Waals surface area contributed by atoms with E-state index in [1.165, 1.54) is 0 Å². The first-order valence-corrected chi connectivity index (χ1v) is 4.34. The molecule has 72 valence electrons. The predicted molar refractivity (Wildman–Crippen MR) is 60.4 cm³/mol. The highest BCUT2D eigenvalue weighted by molar-refractivity contribution is 5.40. The van der Waals surface area contributed by atoms with Gasteiger partial charge in [-0.2, -0.15) is 0 Å². The Morgan fingerprint density at radius 1 is 1.29 bits per heavy atom. The number of rotatable bonds is 2. The minimum atomic E-state index is -0.0701. The van der Waals surface area contributed by atoms with Crippen LogP contribution in [0.4, 0.5) is 0 Å². The summed E-state index contributed by atoms with van der Waals surface area (Å²) >= 11 is 0. The summed E-state index contributed by atoms with van der Waals surface area (Å²) in [5.41, 5.74) is 0.624. The van der Waals surface area contributed by atoms with Crippen LogP contribution in [0.5, 0.6) is 0 Å². The summed E-state index contributed by atoms with van der Waals surface area (Å²) in [4.78, 5) is 14.1. The average Bonchev–Trinajstić information content (AvgIpc) is 2.14. The molecule has 0 bridgehead atoms. The number of nitrogens with one attached hydrogen (secondary N) is 1. The van der Waals surface area contributed by atoms with Gasteiger partial charge >= 0.3 is 0 Å². The van der Waals surface area contributed by atoms with Gasteiger partial charge in [0.1, 0.15) is 0 Å². The molecule has 0 aliphatic heterocycles. The van der Waals surface area contributed by atoms with Crippen molar-refractivity contribution in [3.05, 3.63) is 57.9 Å². The summed E-state index contributed by atoms with van der Waals surface area (Å²) in [7, 11) is 0. The fourth-order valence-corrected chi connectivity index (χ4v) is 1.19. The normalized spacial score (nSPS) is 12.9. The molecule has 0 radical (unpaired) electrons. The van der Waals surface area contributed by atoms with E-state index in [-0.39, 0.29) is 5.56 Å². The maximum absolute atomic E-state index is 11.3. The first kappa shape index (κ1) is 10.3. The van der Waals surface area contributed by atoms with E-state index in [0.717, 1.165) is 10.6 Å². The van der Waals surface area contributed by atoms with Crippen LogP contribution in [0, 0.1) is 6.92 Å². The Morgan fingerprint density at radius 3 is 2.50 bits per heavy atom. The Hall–Kier alpha value is -1.83. The number of allylic oxidation sites excluding steroid dienone is 2. The van der Waals surface area contributed by atoms with Gasteiger partial charge in [0.25, 0.3) is 5.56 Å². The second kappa shape index (κ2) is 4.42. The van der Waals surface area contributed by atoms with Crippen LogP contribution >= 0.6 is 0 Å². The van der Waals surface area contributed by atoms with Crippen LogP contribution in [0.2, 0.25) is 0 Å². The Morgan fingerprint density at radius 2 is 1.93 bits per heavy atom. The summed E-state index contributed by atoms with van der Waals surface area (Å²) in [6.45, 7) is 8.99. The second-order valence-corrected chi connectivity index (χ2v) is 2.96. The fourth-order valence-electron chi connectivity index (χ4n) is 1.19.